The fourth-order valence-corrected chi connectivity index (χ4v) is 0.273. The lowest BCUT2D eigenvalue weighted by atomic mass is 10.4. The second-order valence-corrected chi connectivity index (χ2v) is 5.45. The summed E-state index contributed by atoms with van der Waals surface area (Å²) >= 11 is 11.3. The van der Waals surface area contributed by atoms with Gasteiger partial charge in [0, 0.05) is 0 Å². The molecule has 8 heavy (non-hydrogen) atoms. The lowest BCUT2D eigenvalue weighted by Crippen LogP contribution is -2.17. The predicted molar refractivity (Wildman–Crippen MR) is 41.7 cm³/mol. The fourth-order valence-electron chi connectivity index (χ4n) is 0.139. The van der Waals surface area contributed by atoms with Crippen LogP contribution in [0.25, 0.3) is 0 Å². The molecule has 0 saturated heterocycles. The molecule has 1 nitrogen and oxygen atoms in total. The first-order valence-electron chi connectivity index (χ1n) is 2.08. The Labute approximate surface area is 70.0 Å². The van der Waals surface area contributed by atoms with Crippen molar-refractivity contribution in [2.75, 3.05) is 0 Å². The Balaban J connectivity index is 3.91. The van der Waals surface area contributed by atoms with E-state index in [1.807, 2.05) is 6.92 Å². The highest BCUT2D eigenvalue weighted by atomic mass is 79.9. The Kier molecular flexibility index (Phi) is 3.55. The van der Waals surface area contributed by atoms with Crippen LogP contribution in [-0.2, 0) is 4.79 Å². The minimum Gasteiger partial charge on any atom is -0.279 e. The molecule has 0 aromatic rings. The van der Waals surface area contributed by atoms with E-state index in [1.54, 1.807) is 0 Å². The van der Waals surface area contributed by atoms with Gasteiger partial charge in [-0.25, -0.2) is 0 Å². The Bertz CT molecular complexity index is 102. The van der Waals surface area contributed by atoms with Gasteiger partial charge in [-0.3, -0.25) is 4.79 Å². The van der Waals surface area contributed by atoms with Crippen molar-refractivity contribution >= 4 is 48.7 Å². The molecular weight excluding hydrogens is 259 g/mol. The quantitative estimate of drug-likeness (QED) is 0.553. The van der Waals surface area contributed by atoms with Crippen LogP contribution in [0.2, 0.25) is 0 Å². The van der Waals surface area contributed by atoms with Gasteiger partial charge in [-0.05, 0) is 18.0 Å². The van der Waals surface area contributed by atoms with Crippen LogP contribution in [0.1, 0.15) is 13.3 Å². The lowest BCUT2D eigenvalue weighted by Gasteiger charge is -2.09. The van der Waals surface area contributed by atoms with Gasteiger partial charge in [0.1, 0.15) is 0 Å². The number of halogens is 3. The van der Waals surface area contributed by atoms with Crippen molar-refractivity contribution in [3.05, 3.63) is 0 Å². The first-order valence-corrected chi connectivity index (χ1v) is 4.05. The van der Waals surface area contributed by atoms with Crippen LogP contribution >= 0.6 is 43.5 Å². The molecule has 0 rings (SSSR count). The minimum absolute atomic E-state index is 0.417. The molecule has 0 atom stereocenters. The van der Waals surface area contributed by atoms with E-state index in [2.05, 4.69) is 31.9 Å². The van der Waals surface area contributed by atoms with E-state index in [0.717, 1.165) is 0 Å². The highest BCUT2D eigenvalue weighted by Crippen LogP contribution is 2.31. The number of hydrogen-bond acceptors (Lipinski definition) is 1. The summed E-state index contributed by atoms with van der Waals surface area (Å²) in [4.78, 5) is 10.4. The maximum absolute atomic E-state index is 10.4. The molecule has 0 aliphatic carbocycles. The standard InChI is InChI=1S/C4H5Br2ClO/c1-2-4(5,6)3(7)8/h2H2,1H3. The SMILES string of the molecule is CCC(Br)(Br)C(=O)Cl. The first kappa shape index (κ1) is 8.92. The Hall–Kier alpha value is 0.920. The van der Waals surface area contributed by atoms with Crippen LogP contribution in [0.3, 0.4) is 0 Å². The lowest BCUT2D eigenvalue weighted by molar-refractivity contribution is -0.111. The largest absolute Gasteiger partial charge is 0.279 e. The molecule has 0 saturated carbocycles. The highest BCUT2D eigenvalue weighted by molar-refractivity contribution is 9.26. The van der Waals surface area contributed by atoms with Crippen LogP contribution in [0.4, 0.5) is 0 Å². The number of hydrogen-bond donors (Lipinski definition) is 0. The van der Waals surface area contributed by atoms with E-state index >= 15 is 0 Å². The van der Waals surface area contributed by atoms with Crippen LogP contribution in [0.15, 0.2) is 0 Å². The maximum Gasteiger partial charge on any atom is 0.249 e. The predicted octanol–water partition coefficient (Wildman–Crippen LogP) is 2.65. The van der Waals surface area contributed by atoms with Crippen molar-refractivity contribution in [1.29, 1.82) is 0 Å². The molecule has 0 aromatic carbocycles. The van der Waals surface area contributed by atoms with Gasteiger partial charge >= 0.3 is 0 Å². The second kappa shape index (κ2) is 3.18. The smallest absolute Gasteiger partial charge is 0.249 e. The molecule has 0 fully saturated rings. The van der Waals surface area contributed by atoms with Crippen LogP contribution in [-0.4, -0.2) is 8.48 Å². The molecule has 0 aliphatic rings. The van der Waals surface area contributed by atoms with Crippen molar-refractivity contribution in [2.45, 2.75) is 16.6 Å². The number of rotatable bonds is 2. The second-order valence-electron chi connectivity index (χ2n) is 1.33. The van der Waals surface area contributed by atoms with Crippen molar-refractivity contribution in [2.24, 2.45) is 0 Å². The van der Waals surface area contributed by atoms with Crippen LogP contribution in [0.5, 0.6) is 0 Å². The van der Waals surface area contributed by atoms with E-state index in [1.165, 1.54) is 0 Å². The van der Waals surface area contributed by atoms with Gasteiger partial charge in [-0.15, -0.1) is 0 Å². The normalized spacial score (nSPS) is 11.5. The highest BCUT2D eigenvalue weighted by Gasteiger charge is 2.27. The zero-order valence-corrected chi connectivity index (χ0v) is 8.18. The third-order valence-corrected chi connectivity index (χ3v) is 3.35. The molecule has 0 aromatic heterocycles. The summed E-state index contributed by atoms with van der Waals surface area (Å²) in [5.41, 5.74) is 0. The summed E-state index contributed by atoms with van der Waals surface area (Å²) in [7, 11) is 0. The first-order chi connectivity index (χ1) is 3.50. The summed E-state index contributed by atoms with van der Waals surface area (Å²) in [5, 5.41) is -0.417. The Morgan fingerprint density at radius 1 is 1.75 bits per heavy atom. The van der Waals surface area contributed by atoms with E-state index in [-0.39, 0.29) is 0 Å². The average molecular weight is 264 g/mol. The number of carbonyl (C=O) groups is 1. The van der Waals surface area contributed by atoms with E-state index in [9.17, 15) is 4.79 Å². The zero-order chi connectivity index (χ0) is 6.78. The van der Waals surface area contributed by atoms with Gasteiger partial charge in [-0.2, -0.15) is 0 Å². The average Bonchev–Trinajstić information content (AvgIpc) is 1.67. The molecule has 0 unspecified atom stereocenters. The third-order valence-electron chi connectivity index (χ3n) is 0.732. The van der Waals surface area contributed by atoms with Gasteiger partial charge in [0.05, 0.1) is 0 Å². The molecular formula is C4H5Br2ClO. The van der Waals surface area contributed by atoms with E-state index in [0.29, 0.717) is 6.42 Å². The van der Waals surface area contributed by atoms with Gasteiger partial charge in [-0.1, -0.05) is 38.8 Å². The number of alkyl halides is 2. The number of carbonyl (C=O) groups excluding carboxylic acids is 1. The van der Waals surface area contributed by atoms with Gasteiger partial charge in [0.2, 0.25) is 5.24 Å². The summed E-state index contributed by atoms with van der Waals surface area (Å²) in [5.74, 6) is 0. The van der Waals surface area contributed by atoms with E-state index in [4.69, 9.17) is 11.6 Å². The zero-order valence-electron chi connectivity index (χ0n) is 4.25. The summed E-state index contributed by atoms with van der Waals surface area (Å²) in [6, 6.07) is 0. The third kappa shape index (κ3) is 2.46. The summed E-state index contributed by atoms with van der Waals surface area (Å²) in [6.45, 7) is 1.85. The van der Waals surface area contributed by atoms with Crippen molar-refractivity contribution in [3.8, 4) is 0 Å². The van der Waals surface area contributed by atoms with E-state index < -0.39 is 8.48 Å². The Morgan fingerprint density at radius 3 is 2.12 bits per heavy atom. The molecule has 0 spiro atoms. The van der Waals surface area contributed by atoms with Crippen molar-refractivity contribution in [1.82, 2.24) is 0 Å². The minimum atomic E-state index is -0.707. The molecule has 0 radical (unpaired) electrons. The monoisotopic (exact) mass is 262 g/mol. The molecule has 0 heterocycles. The van der Waals surface area contributed by atoms with Crippen LogP contribution < -0.4 is 0 Å². The van der Waals surface area contributed by atoms with Gasteiger partial charge in [0.25, 0.3) is 0 Å². The summed E-state index contributed by atoms with van der Waals surface area (Å²) in [6.07, 6.45) is 0.634. The molecule has 4 heteroatoms. The molecule has 48 valence electrons. The summed E-state index contributed by atoms with van der Waals surface area (Å²) < 4.78 is -0.707. The van der Waals surface area contributed by atoms with Gasteiger partial charge < -0.3 is 0 Å². The van der Waals surface area contributed by atoms with Crippen molar-refractivity contribution in [3.63, 3.8) is 0 Å². The van der Waals surface area contributed by atoms with Crippen molar-refractivity contribution < 1.29 is 4.79 Å². The molecule has 0 aliphatic heterocycles. The molecule has 0 amide bonds. The maximum atomic E-state index is 10.4. The van der Waals surface area contributed by atoms with Crippen LogP contribution in [0, 0.1) is 0 Å². The van der Waals surface area contributed by atoms with Gasteiger partial charge in [0.15, 0.2) is 3.23 Å². The Morgan fingerprint density at radius 2 is 2.12 bits per heavy atom. The fraction of sp³-hybridized carbons (Fsp3) is 0.750. The topological polar surface area (TPSA) is 17.1 Å². The molecule has 0 N–H and O–H groups in total. The molecule has 0 bridgehead atoms.